The number of hydrogen-bond donors (Lipinski definition) is 0. The highest BCUT2D eigenvalue weighted by Crippen LogP contribution is 2.28. The molecule has 1 amide bonds. The first-order valence-electron chi connectivity index (χ1n) is 5.29. The van der Waals surface area contributed by atoms with Crippen molar-refractivity contribution >= 4 is 22.0 Å². The summed E-state index contributed by atoms with van der Waals surface area (Å²) >= 11 is 3.42. The summed E-state index contributed by atoms with van der Waals surface area (Å²) in [4.78, 5) is 13.1. The summed E-state index contributed by atoms with van der Waals surface area (Å²) in [6.45, 7) is 1.54. The van der Waals surface area contributed by atoms with Gasteiger partial charge in [-0.15, -0.1) is 0 Å². The maximum absolute atomic E-state index is 11.3. The maximum atomic E-state index is 11.3. The largest absolute Gasteiger partial charge is 0.453 e. The first-order valence-corrected chi connectivity index (χ1v) is 6.08. The molecule has 0 spiro atoms. The molecular weight excluding hydrogens is 270 g/mol. The first-order chi connectivity index (χ1) is 7.70. The Kier molecular flexibility index (Phi) is 3.49. The van der Waals surface area contributed by atoms with Crippen molar-refractivity contribution in [1.29, 1.82) is 0 Å². The summed E-state index contributed by atoms with van der Waals surface area (Å²) in [7, 11) is 1.43. The SMILES string of the molecule is COC(=O)N1CC[C@@H](c2ccc(Br)cc2)C1. The highest BCUT2D eigenvalue weighted by molar-refractivity contribution is 9.10. The number of likely N-dealkylation sites (tertiary alicyclic amines) is 1. The van der Waals surface area contributed by atoms with Crippen LogP contribution < -0.4 is 0 Å². The van der Waals surface area contributed by atoms with Crippen LogP contribution in [0.1, 0.15) is 17.9 Å². The van der Waals surface area contributed by atoms with E-state index in [1.807, 2.05) is 12.1 Å². The average molecular weight is 284 g/mol. The minimum Gasteiger partial charge on any atom is -0.453 e. The van der Waals surface area contributed by atoms with Gasteiger partial charge in [0, 0.05) is 23.5 Å². The normalized spacial score (nSPS) is 19.9. The molecule has 1 aliphatic heterocycles. The van der Waals surface area contributed by atoms with Gasteiger partial charge in [0.25, 0.3) is 0 Å². The van der Waals surface area contributed by atoms with Crippen molar-refractivity contribution in [3.05, 3.63) is 34.3 Å². The van der Waals surface area contributed by atoms with Crippen molar-refractivity contribution in [2.24, 2.45) is 0 Å². The molecule has 1 atom stereocenters. The van der Waals surface area contributed by atoms with Gasteiger partial charge in [-0.2, -0.15) is 0 Å². The van der Waals surface area contributed by atoms with E-state index < -0.39 is 0 Å². The van der Waals surface area contributed by atoms with E-state index in [1.54, 1.807) is 4.90 Å². The van der Waals surface area contributed by atoms with Gasteiger partial charge in [-0.1, -0.05) is 28.1 Å². The third-order valence-electron chi connectivity index (χ3n) is 2.96. The van der Waals surface area contributed by atoms with E-state index in [0.717, 1.165) is 24.0 Å². The molecule has 2 rings (SSSR count). The Morgan fingerprint density at radius 1 is 1.44 bits per heavy atom. The molecule has 0 bridgehead atoms. The van der Waals surface area contributed by atoms with Crippen LogP contribution in [-0.2, 0) is 4.74 Å². The van der Waals surface area contributed by atoms with Crippen molar-refractivity contribution in [2.45, 2.75) is 12.3 Å². The Morgan fingerprint density at radius 3 is 2.75 bits per heavy atom. The molecule has 0 saturated carbocycles. The van der Waals surface area contributed by atoms with Crippen LogP contribution in [0.25, 0.3) is 0 Å². The van der Waals surface area contributed by atoms with Gasteiger partial charge in [-0.05, 0) is 24.1 Å². The number of nitrogens with zero attached hydrogens (tertiary/aromatic N) is 1. The number of carbonyl (C=O) groups excluding carboxylic acids is 1. The molecule has 1 heterocycles. The molecule has 3 nitrogen and oxygen atoms in total. The zero-order valence-corrected chi connectivity index (χ0v) is 10.7. The minimum absolute atomic E-state index is 0.223. The summed E-state index contributed by atoms with van der Waals surface area (Å²) in [6, 6.07) is 8.29. The van der Waals surface area contributed by atoms with Crippen LogP contribution in [0.15, 0.2) is 28.7 Å². The summed E-state index contributed by atoms with van der Waals surface area (Å²) < 4.78 is 5.80. The molecule has 0 aliphatic carbocycles. The minimum atomic E-state index is -0.223. The van der Waals surface area contributed by atoms with Crippen LogP contribution in [0, 0.1) is 0 Å². The van der Waals surface area contributed by atoms with Gasteiger partial charge in [0.05, 0.1) is 7.11 Å². The Balaban J connectivity index is 2.03. The van der Waals surface area contributed by atoms with E-state index in [0.29, 0.717) is 5.92 Å². The molecule has 86 valence electrons. The number of hydrogen-bond acceptors (Lipinski definition) is 2. The van der Waals surface area contributed by atoms with Crippen LogP contribution in [0.5, 0.6) is 0 Å². The lowest BCUT2D eigenvalue weighted by atomic mass is 9.99. The molecule has 1 aromatic carbocycles. The highest BCUT2D eigenvalue weighted by atomic mass is 79.9. The summed E-state index contributed by atoms with van der Waals surface area (Å²) in [6.07, 6.45) is 0.788. The molecule has 4 heteroatoms. The van der Waals surface area contributed by atoms with E-state index in [9.17, 15) is 4.79 Å². The van der Waals surface area contributed by atoms with Crippen LogP contribution >= 0.6 is 15.9 Å². The predicted molar refractivity (Wildman–Crippen MR) is 65.5 cm³/mol. The lowest BCUT2D eigenvalue weighted by molar-refractivity contribution is 0.132. The van der Waals surface area contributed by atoms with Crippen molar-refractivity contribution in [2.75, 3.05) is 20.2 Å². The molecule has 1 fully saturated rings. The number of methoxy groups -OCH3 is 1. The number of amides is 1. The van der Waals surface area contributed by atoms with Crippen molar-refractivity contribution in [3.8, 4) is 0 Å². The molecule has 16 heavy (non-hydrogen) atoms. The van der Waals surface area contributed by atoms with Gasteiger partial charge >= 0.3 is 6.09 Å². The number of carbonyl (C=O) groups is 1. The van der Waals surface area contributed by atoms with Gasteiger partial charge in [-0.25, -0.2) is 4.79 Å². The fourth-order valence-corrected chi connectivity index (χ4v) is 2.33. The van der Waals surface area contributed by atoms with Crippen LogP contribution in [0.3, 0.4) is 0 Å². The fraction of sp³-hybridized carbons (Fsp3) is 0.417. The molecule has 1 aromatic rings. The molecule has 0 N–H and O–H groups in total. The summed E-state index contributed by atoms with van der Waals surface area (Å²) in [5, 5.41) is 0. The average Bonchev–Trinajstić information content (AvgIpc) is 2.78. The Hall–Kier alpha value is -1.03. The Bertz CT molecular complexity index is 377. The zero-order valence-electron chi connectivity index (χ0n) is 9.15. The maximum Gasteiger partial charge on any atom is 0.409 e. The first kappa shape index (κ1) is 11.5. The zero-order chi connectivity index (χ0) is 11.5. The smallest absolute Gasteiger partial charge is 0.409 e. The van der Waals surface area contributed by atoms with Crippen LogP contribution in [0.4, 0.5) is 4.79 Å². The van der Waals surface area contributed by atoms with Gasteiger partial charge in [-0.3, -0.25) is 0 Å². The lowest BCUT2D eigenvalue weighted by Crippen LogP contribution is -2.28. The van der Waals surface area contributed by atoms with E-state index >= 15 is 0 Å². The van der Waals surface area contributed by atoms with Gasteiger partial charge in [0.1, 0.15) is 0 Å². The van der Waals surface area contributed by atoms with Crippen molar-refractivity contribution < 1.29 is 9.53 Å². The second-order valence-electron chi connectivity index (χ2n) is 3.95. The quantitative estimate of drug-likeness (QED) is 0.793. The molecule has 0 radical (unpaired) electrons. The Labute approximate surface area is 104 Å². The Morgan fingerprint density at radius 2 is 2.12 bits per heavy atom. The molecule has 1 aliphatic rings. The van der Waals surface area contributed by atoms with Crippen molar-refractivity contribution in [3.63, 3.8) is 0 Å². The van der Waals surface area contributed by atoms with E-state index in [1.165, 1.54) is 12.7 Å². The number of halogens is 1. The van der Waals surface area contributed by atoms with Crippen LogP contribution in [-0.4, -0.2) is 31.2 Å². The second-order valence-corrected chi connectivity index (χ2v) is 4.87. The molecule has 0 aromatic heterocycles. The van der Waals surface area contributed by atoms with Gasteiger partial charge in [0.15, 0.2) is 0 Å². The monoisotopic (exact) mass is 283 g/mol. The number of ether oxygens (including phenoxy) is 1. The lowest BCUT2D eigenvalue weighted by Gasteiger charge is -2.14. The topological polar surface area (TPSA) is 29.5 Å². The fourth-order valence-electron chi connectivity index (χ4n) is 2.06. The van der Waals surface area contributed by atoms with Gasteiger partial charge < -0.3 is 9.64 Å². The predicted octanol–water partition coefficient (Wildman–Crippen LogP) is 3.00. The standard InChI is InChI=1S/C12H14BrNO2/c1-16-12(15)14-7-6-10(8-14)9-2-4-11(13)5-3-9/h2-5,10H,6-8H2,1H3/t10-/m1/s1. The van der Waals surface area contributed by atoms with E-state index in [4.69, 9.17) is 4.74 Å². The van der Waals surface area contributed by atoms with Crippen LogP contribution in [0.2, 0.25) is 0 Å². The number of benzene rings is 1. The van der Waals surface area contributed by atoms with Crippen molar-refractivity contribution in [1.82, 2.24) is 4.90 Å². The van der Waals surface area contributed by atoms with E-state index in [2.05, 4.69) is 28.1 Å². The van der Waals surface area contributed by atoms with E-state index in [-0.39, 0.29) is 6.09 Å². The molecule has 0 unspecified atom stereocenters. The summed E-state index contributed by atoms with van der Waals surface area (Å²) in [5.74, 6) is 0.437. The number of rotatable bonds is 1. The highest BCUT2D eigenvalue weighted by Gasteiger charge is 2.27. The third-order valence-corrected chi connectivity index (χ3v) is 3.49. The summed E-state index contributed by atoms with van der Waals surface area (Å²) in [5.41, 5.74) is 1.29. The van der Waals surface area contributed by atoms with Gasteiger partial charge in [0.2, 0.25) is 0 Å². The molecular formula is C12H14BrNO2. The molecule has 1 saturated heterocycles. The second kappa shape index (κ2) is 4.87. The third kappa shape index (κ3) is 2.38.